The number of unbranched alkanes of at least 4 members (excludes halogenated alkanes) is 20. The van der Waals surface area contributed by atoms with Crippen molar-refractivity contribution in [3.05, 3.63) is 0 Å². The Bertz CT molecular complexity index is 381. The molecule has 0 aliphatic carbocycles. The Labute approximate surface area is 237 Å². The highest BCUT2D eigenvalue weighted by Gasteiger charge is 2.15. The third kappa shape index (κ3) is 28.8. The van der Waals surface area contributed by atoms with Gasteiger partial charge >= 0.3 is 0 Å². The number of rotatable bonds is 30. The van der Waals surface area contributed by atoms with E-state index in [0.717, 1.165) is 11.8 Å². The predicted octanol–water partition coefficient (Wildman–Crippen LogP) is 13.2. The van der Waals surface area contributed by atoms with Gasteiger partial charge in [-0.25, -0.2) is 0 Å². The summed E-state index contributed by atoms with van der Waals surface area (Å²) in [6.45, 7) is 14.1. The second kappa shape index (κ2) is 29.0. The third-order valence-corrected chi connectivity index (χ3v) is 8.53. The lowest BCUT2D eigenvalue weighted by Crippen LogP contribution is -2.21. The van der Waals surface area contributed by atoms with Gasteiger partial charge in [-0.1, -0.05) is 182 Å². The summed E-state index contributed by atoms with van der Waals surface area (Å²) in [5, 5.41) is 0. The van der Waals surface area contributed by atoms with Crippen molar-refractivity contribution in [3.63, 3.8) is 0 Å². The average Bonchev–Trinajstić information content (AvgIpc) is 2.85. The van der Waals surface area contributed by atoms with E-state index >= 15 is 0 Å². The molecule has 0 N–H and O–H groups in total. The Morgan fingerprint density at radius 1 is 0.351 bits per heavy atom. The Morgan fingerprint density at radius 2 is 0.595 bits per heavy atom. The van der Waals surface area contributed by atoms with E-state index in [1.165, 1.54) is 167 Å². The maximum absolute atomic E-state index is 6.41. The van der Waals surface area contributed by atoms with Crippen LogP contribution in [-0.4, -0.2) is 12.2 Å². The highest BCUT2D eigenvalue weighted by molar-refractivity contribution is 4.65. The molecular formula is C36H74O. The molecule has 0 radical (unpaired) electrons. The van der Waals surface area contributed by atoms with Crippen LogP contribution in [0, 0.1) is 11.8 Å². The summed E-state index contributed by atoms with van der Waals surface area (Å²) in [6.07, 6.45) is 37.7. The van der Waals surface area contributed by atoms with E-state index < -0.39 is 0 Å². The molecule has 0 saturated heterocycles. The van der Waals surface area contributed by atoms with Crippen LogP contribution in [0.25, 0.3) is 0 Å². The van der Waals surface area contributed by atoms with Crippen molar-refractivity contribution in [2.75, 3.05) is 0 Å². The van der Waals surface area contributed by atoms with E-state index in [9.17, 15) is 0 Å². The van der Waals surface area contributed by atoms with Crippen LogP contribution in [-0.2, 0) is 4.74 Å². The molecule has 0 saturated carbocycles. The molecule has 4 atom stereocenters. The van der Waals surface area contributed by atoms with Crippen LogP contribution in [0.1, 0.15) is 208 Å². The van der Waals surface area contributed by atoms with Crippen molar-refractivity contribution in [1.29, 1.82) is 0 Å². The first-order valence-corrected chi connectivity index (χ1v) is 17.6. The van der Waals surface area contributed by atoms with Crippen molar-refractivity contribution in [2.24, 2.45) is 11.8 Å². The van der Waals surface area contributed by atoms with Crippen LogP contribution in [0.4, 0.5) is 0 Å². The molecule has 0 bridgehead atoms. The number of ether oxygens (including phenoxy) is 1. The first-order valence-electron chi connectivity index (χ1n) is 17.6. The van der Waals surface area contributed by atoms with E-state index in [1.54, 1.807) is 0 Å². The van der Waals surface area contributed by atoms with Crippen LogP contribution in [0.2, 0.25) is 0 Å². The highest BCUT2D eigenvalue weighted by atomic mass is 16.5. The fourth-order valence-electron chi connectivity index (χ4n) is 6.19. The van der Waals surface area contributed by atoms with Gasteiger partial charge in [0.25, 0.3) is 0 Å². The monoisotopic (exact) mass is 523 g/mol. The lowest BCUT2D eigenvalue weighted by molar-refractivity contribution is -0.0146. The molecule has 0 aromatic rings. The normalized spacial score (nSPS) is 15.1. The molecule has 37 heavy (non-hydrogen) atoms. The minimum Gasteiger partial charge on any atom is -0.376 e. The zero-order valence-electron chi connectivity index (χ0n) is 27.1. The van der Waals surface area contributed by atoms with Crippen molar-refractivity contribution < 1.29 is 4.74 Å². The fourth-order valence-corrected chi connectivity index (χ4v) is 6.19. The van der Waals surface area contributed by atoms with Gasteiger partial charge in [0, 0.05) is 0 Å². The van der Waals surface area contributed by atoms with E-state index in [1.807, 2.05) is 0 Å². The maximum atomic E-state index is 6.41. The summed E-state index contributed by atoms with van der Waals surface area (Å²) in [7, 11) is 0. The SMILES string of the molecule is CCCCCCCCCCCCCC(C)CC(C)OC(C)CC(C)CCCCCCCCCCCCC. The topological polar surface area (TPSA) is 9.23 Å². The number of hydrogen-bond donors (Lipinski definition) is 0. The molecule has 1 nitrogen and oxygen atoms in total. The minimum absolute atomic E-state index is 0.409. The van der Waals surface area contributed by atoms with Crippen molar-refractivity contribution in [1.82, 2.24) is 0 Å². The van der Waals surface area contributed by atoms with Crippen LogP contribution in [0.15, 0.2) is 0 Å². The minimum atomic E-state index is 0.409. The molecule has 0 aromatic heterocycles. The lowest BCUT2D eigenvalue weighted by Gasteiger charge is -2.24. The summed E-state index contributed by atoms with van der Waals surface area (Å²) >= 11 is 0. The smallest absolute Gasteiger partial charge is 0.0553 e. The molecule has 0 aromatic carbocycles. The van der Waals surface area contributed by atoms with E-state index in [-0.39, 0.29) is 0 Å². The fraction of sp³-hybridized carbons (Fsp3) is 1.00. The molecule has 0 aliphatic rings. The molecule has 0 amide bonds. The largest absolute Gasteiger partial charge is 0.376 e. The van der Waals surface area contributed by atoms with Crippen LogP contribution < -0.4 is 0 Å². The molecule has 224 valence electrons. The van der Waals surface area contributed by atoms with Crippen LogP contribution in [0.3, 0.4) is 0 Å². The van der Waals surface area contributed by atoms with Gasteiger partial charge in [0.05, 0.1) is 12.2 Å². The van der Waals surface area contributed by atoms with Gasteiger partial charge < -0.3 is 4.74 Å². The summed E-state index contributed by atoms with van der Waals surface area (Å²) in [5.41, 5.74) is 0. The van der Waals surface area contributed by atoms with E-state index in [0.29, 0.717) is 12.2 Å². The molecule has 0 aliphatic heterocycles. The van der Waals surface area contributed by atoms with Gasteiger partial charge in [-0.05, 0) is 38.5 Å². The summed E-state index contributed by atoms with van der Waals surface area (Å²) in [6, 6.07) is 0. The molecule has 1 heteroatoms. The Kier molecular flexibility index (Phi) is 28.9. The van der Waals surface area contributed by atoms with Crippen LogP contribution in [0.5, 0.6) is 0 Å². The first kappa shape index (κ1) is 37.0. The summed E-state index contributed by atoms with van der Waals surface area (Å²) < 4.78 is 6.41. The quantitative estimate of drug-likeness (QED) is 0.0852. The zero-order valence-corrected chi connectivity index (χ0v) is 27.1. The first-order chi connectivity index (χ1) is 18.0. The predicted molar refractivity (Wildman–Crippen MR) is 170 cm³/mol. The molecule has 0 heterocycles. The summed E-state index contributed by atoms with van der Waals surface area (Å²) in [5.74, 6) is 1.60. The van der Waals surface area contributed by atoms with Gasteiger partial charge in [0.1, 0.15) is 0 Å². The van der Waals surface area contributed by atoms with Crippen LogP contribution >= 0.6 is 0 Å². The Morgan fingerprint density at radius 3 is 0.865 bits per heavy atom. The highest BCUT2D eigenvalue weighted by Crippen LogP contribution is 2.22. The zero-order chi connectivity index (χ0) is 27.4. The van der Waals surface area contributed by atoms with Crippen molar-refractivity contribution in [2.45, 2.75) is 221 Å². The Balaban J connectivity index is 3.55. The second-order valence-corrected chi connectivity index (χ2v) is 13.1. The van der Waals surface area contributed by atoms with Crippen molar-refractivity contribution in [3.8, 4) is 0 Å². The Hall–Kier alpha value is -0.0400. The maximum Gasteiger partial charge on any atom is 0.0553 e. The average molecular weight is 523 g/mol. The van der Waals surface area contributed by atoms with Gasteiger partial charge in [-0.2, -0.15) is 0 Å². The second-order valence-electron chi connectivity index (χ2n) is 13.1. The summed E-state index contributed by atoms with van der Waals surface area (Å²) in [4.78, 5) is 0. The van der Waals surface area contributed by atoms with Gasteiger partial charge in [0.15, 0.2) is 0 Å². The van der Waals surface area contributed by atoms with E-state index in [4.69, 9.17) is 4.74 Å². The van der Waals surface area contributed by atoms with Gasteiger partial charge in [-0.15, -0.1) is 0 Å². The van der Waals surface area contributed by atoms with Gasteiger partial charge in [-0.3, -0.25) is 0 Å². The molecule has 0 rings (SSSR count). The van der Waals surface area contributed by atoms with E-state index in [2.05, 4.69) is 41.5 Å². The molecular weight excluding hydrogens is 448 g/mol. The van der Waals surface area contributed by atoms with Crippen molar-refractivity contribution >= 4 is 0 Å². The molecule has 4 unspecified atom stereocenters. The molecule has 0 fully saturated rings. The number of hydrogen-bond acceptors (Lipinski definition) is 1. The third-order valence-electron chi connectivity index (χ3n) is 8.53. The lowest BCUT2D eigenvalue weighted by atomic mass is 9.95. The van der Waals surface area contributed by atoms with Gasteiger partial charge in [0.2, 0.25) is 0 Å². The molecule has 0 spiro atoms. The standard InChI is InChI=1S/C36H74O/c1-7-9-11-13-15-17-19-21-23-25-27-29-33(3)31-35(5)37-36(6)32-34(4)30-28-26-24-22-20-18-16-14-12-10-8-2/h33-36H,7-32H2,1-6H3.